The molecule has 0 aromatic rings. The quantitative estimate of drug-likeness (QED) is 0.759. The average Bonchev–Trinajstić information content (AvgIpc) is 2.27. The van der Waals surface area contributed by atoms with Crippen molar-refractivity contribution in [1.29, 1.82) is 0 Å². The minimum Gasteiger partial charge on any atom is -0.545 e. The summed E-state index contributed by atoms with van der Waals surface area (Å²) in [5, 5.41) is 21.5. The van der Waals surface area contributed by atoms with Crippen molar-refractivity contribution in [2.45, 2.75) is 58.0 Å². The molecule has 2 aliphatic carbocycles. The lowest BCUT2D eigenvalue weighted by atomic mass is 9.53. The summed E-state index contributed by atoms with van der Waals surface area (Å²) in [6.45, 7) is 7.78. The smallest absolute Gasteiger partial charge is 0.0671 e. The number of aliphatic hydroxyl groups is 1. The van der Waals surface area contributed by atoms with Gasteiger partial charge < -0.3 is 15.0 Å². The second kappa shape index (κ2) is 4.37. The summed E-state index contributed by atoms with van der Waals surface area (Å²) in [5.74, 6) is -0.995. The predicted molar refractivity (Wildman–Crippen MR) is 67.6 cm³/mol. The van der Waals surface area contributed by atoms with Crippen LogP contribution in [0.1, 0.15) is 52.4 Å². The number of aliphatic carboxylic acids is 1. The van der Waals surface area contributed by atoms with Crippen LogP contribution < -0.4 is 5.11 Å². The second-order valence-corrected chi connectivity index (χ2v) is 6.70. The van der Waals surface area contributed by atoms with E-state index in [0.717, 1.165) is 38.5 Å². The van der Waals surface area contributed by atoms with E-state index in [2.05, 4.69) is 13.5 Å². The van der Waals surface area contributed by atoms with E-state index in [1.807, 2.05) is 6.92 Å². The van der Waals surface area contributed by atoms with Crippen LogP contribution in [0.15, 0.2) is 12.2 Å². The van der Waals surface area contributed by atoms with Crippen LogP contribution in [0.25, 0.3) is 0 Å². The Hall–Kier alpha value is -0.830. The molecule has 0 unspecified atom stereocenters. The number of fused-ring (bicyclic) bond motifs is 1. The van der Waals surface area contributed by atoms with Gasteiger partial charge in [-0.1, -0.05) is 19.9 Å². The van der Waals surface area contributed by atoms with Crippen molar-refractivity contribution in [3.05, 3.63) is 12.2 Å². The highest BCUT2D eigenvalue weighted by Crippen LogP contribution is 2.56. The topological polar surface area (TPSA) is 60.4 Å². The maximum absolute atomic E-state index is 10.9. The monoisotopic (exact) mass is 251 g/mol. The van der Waals surface area contributed by atoms with Crippen molar-refractivity contribution in [2.24, 2.45) is 17.3 Å². The molecule has 4 atom stereocenters. The normalized spacial score (nSPS) is 44.2. The number of hydrogen-bond acceptors (Lipinski definition) is 3. The standard InChI is InChI=1S/C15H24O3/c1-10(13(16)17)11-5-8-14(2)6-4-7-15(3,18)12(14)9-11/h11-12,18H,1,4-9H2,2-3H3,(H,16,17)/p-1/t11-,12-,14-,15-/m1/s1. The van der Waals surface area contributed by atoms with Crippen LogP contribution in [0.2, 0.25) is 0 Å². The van der Waals surface area contributed by atoms with E-state index in [0.29, 0.717) is 0 Å². The molecule has 18 heavy (non-hydrogen) atoms. The number of carboxylic acid groups (broad SMARTS) is 1. The first-order chi connectivity index (χ1) is 8.26. The minimum atomic E-state index is -1.14. The zero-order chi connectivity index (χ0) is 13.6. The van der Waals surface area contributed by atoms with Gasteiger partial charge in [0.2, 0.25) is 0 Å². The lowest BCUT2D eigenvalue weighted by molar-refractivity contribution is -0.300. The summed E-state index contributed by atoms with van der Waals surface area (Å²) in [7, 11) is 0. The molecule has 0 amide bonds. The fourth-order valence-electron chi connectivity index (χ4n) is 4.18. The van der Waals surface area contributed by atoms with E-state index >= 15 is 0 Å². The fourth-order valence-corrected chi connectivity index (χ4v) is 4.18. The van der Waals surface area contributed by atoms with E-state index in [-0.39, 0.29) is 22.8 Å². The summed E-state index contributed by atoms with van der Waals surface area (Å²) >= 11 is 0. The van der Waals surface area contributed by atoms with E-state index in [4.69, 9.17) is 0 Å². The third-order valence-corrected chi connectivity index (χ3v) is 5.36. The van der Waals surface area contributed by atoms with Gasteiger partial charge in [-0.2, -0.15) is 0 Å². The number of carbonyl (C=O) groups is 1. The predicted octanol–water partition coefficient (Wildman–Crippen LogP) is 1.65. The zero-order valence-electron chi connectivity index (χ0n) is 11.4. The Morgan fingerprint density at radius 3 is 2.61 bits per heavy atom. The molecular formula is C15H23O3-. The van der Waals surface area contributed by atoms with Crippen molar-refractivity contribution in [1.82, 2.24) is 0 Å². The number of hydrogen-bond donors (Lipinski definition) is 1. The van der Waals surface area contributed by atoms with E-state index in [9.17, 15) is 15.0 Å². The van der Waals surface area contributed by atoms with Crippen molar-refractivity contribution in [3.63, 3.8) is 0 Å². The lowest BCUT2D eigenvalue weighted by Crippen LogP contribution is -2.51. The Morgan fingerprint density at radius 2 is 2.00 bits per heavy atom. The van der Waals surface area contributed by atoms with Crippen LogP contribution >= 0.6 is 0 Å². The first-order valence-electron chi connectivity index (χ1n) is 6.89. The van der Waals surface area contributed by atoms with Gasteiger partial charge in [-0.25, -0.2) is 0 Å². The molecule has 0 aromatic carbocycles. The molecule has 0 bridgehead atoms. The van der Waals surface area contributed by atoms with Gasteiger partial charge in [-0.3, -0.25) is 0 Å². The van der Waals surface area contributed by atoms with E-state index < -0.39 is 11.6 Å². The van der Waals surface area contributed by atoms with Gasteiger partial charge in [-0.15, -0.1) is 0 Å². The van der Waals surface area contributed by atoms with Crippen molar-refractivity contribution < 1.29 is 15.0 Å². The third kappa shape index (κ3) is 2.20. The van der Waals surface area contributed by atoms with E-state index in [1.54, 1.807) is 0 Å². The molecule has 1 N–H and O–H groups in total. The molecule has 0 heterocycles. The fraction of sp³-hybridized carbons (Fsp3) is 0.800. The highest BCUT2D eigenvalue weighted by atomic mass is 16.4. The summed E-state index contributed by atoms with van der Waals surface area (Å²) in [6.07, 6.45) is 5.58. The second-order valence-electron chi connectivity index (χ2n) is 6.70. The molecule has 3 heteroatoms. The van der Waals surface area contributed by atoms with Gasteiger partial charge in [0, 0.05) is 0 Å². The summed E-state index contributed by atoms with van der Waals surface area (Å²) in [5.41, 5.74) is -0.305. The number of carboxylic acids is 1. The Balaban J connectivity index is 2.19. The summed E-state index contributed by atoms with van der Waals surface area (Å²) < 4.78 is 0. The van der Waals surface area contributed by atoms with Crippen molar-refractivity contribution in [2.75, 3.05) is 0 Å². The van der Waals surface area contributed by atoms with Gasteiger partial charge in [0.15, 0.2) is 0 Å². The molecule has 2 fully saturated rings. The molecule has 2 rings (SSSR count). The average molecular weight is 251 g/mol. The van der Waals surface area contributed by atoms with Crippen LogP contribution in [0.4, 0.5) is 0 Å². The number of rotatable bonds is 2. The Morgan fingerprint density at radius 1 is 1.33 bits per heavy atom. The van der Waals surface area contributed by atoms with Gasteiger partial charge >= 0.3 is 0 Å². The highest BCUT2D eigenvalue weighted by Gasteiger charge is 2.50. The maximum Gasteiger partial charge on any atom is 0.0671 e. The highest BCUT2D eigenvalue weighted by molar-refractivity contribution is 5.84. The summed E-state index contributed by atoms with van der Waals surface area (Å²) in [6, 6.07) is 0. The van der Waals surface area contributed by atoms with Crippen LogP contribution in [0, 0.1) is 17.3 Å². The molecule has 3 nitrogen and oxygen atoms in total. The van der Waals surface area contributed by atoms with Crippen LogP contribution in [-0.2, 0) is 4.79 Å². The van der Waals surface area contributed by atoms with Crippen LogP contribution in [0.5, 0.6) is 0 Å². The largest absolute Gasteiger partial charge is 0.545 e. The Kier molecular flexibility index (Phi) is 3.30. The molecule has 2 aliphatic rings. The van der Waals surface area contributed by atoms with Gasteiger partial charge in [0.1, 0.15) is 0 Å². The summed E-state index contributed by atoms with van der Waals surface area (Å²) in [4.78, 5) is 10.9. The molecule has 2 saturated carbocycles. The first kappa shape index (κ1) is 13.6. The molecule has 0 radical (unpaired) electrons. The third-order valence-electron chi connectivity index (χ3n) is 5.36. The van der Waals surface area contributed by atoms with Crippen LogP contribution in [0.3, 0.4) is 0 Å². The molecule has 0 aromatic heterocycles. The van der Waals surface area contributed by atoms with Crippen molar-refractivity contribution in [3.8, 4) is 0 Å². The molecular weight excluding hydrogens is 228 g/mol. The molecule has 0 saturated heterocycles. The molecule has 0 aliphatic heterocycles. The molecule has 0 spiro atoms. The Labute approximate surface area is 109 Å². The van der Waals surface area contributed by atoms with Crippen LogP contribution in [-0.4, -0.2) is 16.7 Å². The zero-order valence-corrected chi connectivity index (χ0v) is 11.4. The van der Waals surface area contributed by atoms with Gasteiger partial charge in [-0.05, 0) is 61.9 Å². The Bertz CT molecular complexity index is 372. The van der Waals surface area contributed by atoms with Gasteiger partial charge in [0.05, 0.1) is 11.6 Å². The number of carbonyl (C=O) groups excluding carboxylic acids is 1. The maximum atomic E-state index is 10.9. The molecule has 102 valence electrons. The minimum absolute atomic E-state index is 0.0300. The first-order valence-corrected chi connectivity index (χ1v) is 6.89. The van der Waals surface area contributed by atoms with Gasteiger partial charge in [0.25, 0.3) is 0 Å². The van der Waals surface area contributed by atoms with Crippen molar-refractivity contribution >= 4 is 5.97 Å². The lowest BCUT2D eigenvalue weighted by Gasteiger charge is -2.54. The SMILES string of the molecule is C=C(C(=O)[O-])[C@@H]1CC[C@@]2(C)CCC[C@@](C)(O)[C@@H]2C1. The van der Waals surface area contributed by atoms with E-state index in [1.165, 1.54) is 0 Å².